The van der Waals surface area contributed by atoms with E-state index in [9.17, 15) is 0 Å². The highest BCUT2D eigenvalue weighted by Gasteiger charge is 2.25. The molecule has 0 nitrogen and oxygen atoms in total. The van der Waals surface area contributed by atoms with Gasteiger partial charge in [0.2, 0.25) is 0 Å². The second-order valence-corrected chi connectivity index (χ2v) is 19.6. The minimum absolute atomic E-state index is 0.589. The zero-order valence-electron chi connectivity index (χ0n) is 44.0. The maximum atomic E-state index is 4.28. The maximum absolute atomic E-state index is 4.28. The average Bonchev–Trinajstić information content (AvgIpc) is 3.23. The van der Waals surface area contributed by atoms with Crippen LogP contribution in [0.25, 0.3) is 0 Å². The molecule has 2 atom stereocenters. The van der Waals surface area contributed by atoms with Crippen LogP contribution in [0, 0.1) is 23.2 Å². The number of allylic oxidation sites excluding steroid dienone is 1. The van der Waals surface area contributed by atoms with E-state index in [1.54, 1.807) is 0 Å². The van der Waals surface area contributed by atoms with Crippen molar-refractivity contribution >= 4 is 0 Å². The lowest BCUT2D eigenvalue weighted by Crippen LogP contribution is -2.19. The van der Waals surface area contributed by atoms with E-state index in [4.69, 9.17) is 0 Å². The van der Waals surface area contributed by atoms with Gasteiger partial charge in [0.1, 0.15) is 0 Å². The quantitative estimate of drug-likeness (QED) is 0.0426. The zero-order valence-corrected chi connectivity index (χ0v) is 44.0. The first-order chi connectivity index (χ1) is 28.1. The van der Waals surface area contributed by atoms with Gasteiger partial charge in [-0.05, 0) is 48.9 Å². The van der Waals surface area contributed by atoms with Crippen LogP contribution >= 0.6 is 0 Å². The Balaban J connectivity index is -0.000000392. The van der Waals surface area contributed by atoms with Gasteiger partial charge in [-0.2, -0.15) is 0 Å². The third kappa shape index (κ3) is 53.8. The lowest BCUT2D eigenvalue weighted by atomic mass is 9.73. The van der Waals surface area contributed by atoms with Gasteiger partial charge in [0, 0.05) is 0 Å². The summed E-state index contributed by atoms with van der Waals surface area (Å²) in [5, 5.41) is 0. The second-order valence-electron chi connectivity index (χ2n) is 19.6. The minimum Gasteiger partial charge on any atom is -0.0999 e. The maximum Gasteiger partial charge on any atom is -0.0300 e. The Morgan fingerprint density at radius 1 is 0.362 bits per heavy atom. The topological polar surface area (TPSA) is 0 Å². The molecule has 0 aromatic rings. The predicted molar refractivity (Wildman–Crippen MR) is 276 cm³/mol. The van der Waals surface area contributed by atoms with Crippen LogP contribution in [0.5, 0.6) is 0 Å². The van der Waals surface area contributed by atoms with Gasteiger partial charge < -0.3 is 0 Å². The van der Waals surface area contributed by atoms with Crippen molar-refractivity contribution in [3.8, 4) is 0 Å². The van der Waals surface area contributed by atoms with Gasteiger partial charge in [0.25, 0.3) is 0 Å². The summed E-state index contributed by atoms with van der Waals surface area (Å²) in [5.74, 6) is 2.81. The molecule has 0 aliphatic heterocycles. The SMILES string of the molecule is C=C(CCC)CCC(CC)(CC)CCCCCCCCC(C)CCCC.CC.CCCCCCCCCCCC(C)CC.CCCCCCCCCCCCC(C)C. The fraction of sp³-hybridized carbons (Fsp3) is 0.966. The third-order valence-corrected chi connectivity index (χ3v) is 13.4. The van der Waals surface area contributed by atoms with Gasteiger partial charge in [-0.25, -0.2) is 0 Å². The molecule has 0 amide bonds. The van der Waals surface area contributed by atoms with Gasteiger partial charge in [-0.15, -0.1) is 0 Å². The van der Waals surface area contributed by atoms with E-state index in [0.29, 0.717) is 5.41 Å². The largest absolute Gasteiger partial charge is 0.0999 e. The van der Waals surface area contributed by atoms with E-state index in [1.165, 1.54) is 256 Å². The summed E-state index contributed by atoms with van der Waals surface area (Å²) in [5.41, 5.74) is 2.07. The molecule has 58 heavy (non-hydrogen) atoms. The predicted octanol–water partition coefficient (Wildman–Crippen LogP) is 22.8. The molecule has 0 aliphatic rings. The molecule has 354 valence electrons. The molecular weight excluding hydrogens is 697 g/mol. The molecule has 2 unspecified atom stereocenters. The van der Waals surface area contributed by atoms with E-state index in [2.05, 4.69) is 82.7 Å². The van der Waals surface area contributed by atoms with E-state index in [-0.39, 0.29) is 0 Å². The summed E-state index contributed by atoms with van der Waals surface area (Å²) in [6, 6.07) is 0. The van der Waals surface area contributed by atoms with Crippen molar-refractivity contribution in [2.24, 2.45) is 23.2 Å². The normalized spacial score (nSPS) is 12.2. The average molecular weight is 820 g/mol. The molecule has 0 rings (SSSR count). The number of rotatable bonds is 41. The van der Waals surface area contributed by atoms with Crippen LogP contribution < -0.4 is 0 Å². The lowest BCUT2D eigenvalue weighted by Gasteiger charge is -2.32. The molecule has 0 saturated carbocycles. The van der Waals surface area contributed by atoms with Crippen LogP contribution in [-0.4, -0.2) is 0 Å². The van der Waals surface area contributed by atoms with Crippen molar-refractivity contribution in [3.05, 3.63) is 12.2 Å². The first-order valence-electron chi connectivity index (χ1n) is 27.8. The molecule has 0 aromatic carbocycles. The highest BCUT2D eigenvalue weighted by Crippen LogP contribution is 2.39. The standard InChI is InChI=1S/C26H52.2C15H32.C2H6/c1-7-11-19-25(6)20-16-14-12-13-15-17-22-26(9-3,10-4)23-21-24(5)18-8-2;1-4-5-6-7-8-9-10-11-12-13-14-15(2)3;1-4-6-7-8-9-10-11-12-13-14-15(3)5-2;1-2/h25H,5,7-23H2,1-4,6H3;2*15H,4-14H2,1-3H3;1-2H3. The summed E-state index contributed by atoms with van der Waals surface area (Å²) in [6.07, 6.45) is 55.5. The molecule has 0 radical (unpaired) electrons. The molecule has 0 heterocycles. The van der Waals surface area contributed by atoms with Crippen LogP contribution in [0.3, 0.4) is 0 Å². The van der Waals surface area contributed by atoms with E-state index < -0.39 is 0 Å². The van der Waals surface area contributed by atoms with Crippen LogP contribution in [-0.2, 0) is 0 Å². The summed E-state index contributed by atoms with van der Waals surface area (Å²) in [6.45, 7) is 34.0. The van der Waals surface area contributed by atoms with Crippen molar-refractivity contribution in [1.82, 2.24) is 0 Å². The first-order valence-corrected chi connectivity index (χ1v) is 27.8. The Bertz CT molecular complexity index is 697. The van der Waals surface area contributed by atoms with E-state index >= 15 is 0 Å². The molecule has 0 heteroatoms. The smallest absolute Gasteiger partial charge is 0.0300 e. The Kier molecular flexibility index (Phi) is 60.8. The Labute approximate surface area is 374 Å². The van der Waals surface area contributed by atoms with Crippen molar-refractivity contribution < 1.29 is 0 Å². The van der Waals surface area contributed by atoms with Crippen LogP contribution in [0.1, 0.15) is 340 Å². The molecule has 0 saturated heterocycles. The second kappa shape index (κ2) is 54.8. The Morgan fingerprint density at radius 3 is 1.07 bits per heavy atom. The first kappa shape index (κ1) is 64.4. The minimum atomic E-state index is 0.589. The number of unbranched alkanes of at least 4 members (excludes halogenated alkanes) is 23. The zero-order chi connectivity index (χ0) is 44.4. The molecule has 0 N–H and O–H groups in total. The highest BCUT2D eigenvalue weighted by atomic mass is 14.3. The summed E-state index contributed by atoms with van der Waals surface area (Å²) in [4.78, 5) is 0. The molecule has 0 fully saturated rings. The van der Waals surface area contributed by atoms with Gasteiger partial charge >= 0.3 is 0 Å². The van der Waals surface area contributed by atoms with Crippen LogP contribution in [0.2, 0.25) is 0 Å². The molecule has 0 spiro atoms. The summed E-state index contributed by atoms with van der Waals surface area (Å²) in [7, 11) is 0. The highest BCUT2D eigenvalue weighted by molar-refractivity contribution is 4.95. The fourth-order valence-corrected chi connectivity index (χ4v) is 8.45. The van der Waals surface area contributed by atoms with Crippen molar-refractivity contribution in [2.45, 2.75) is 340 Å². The molecule has 0 aromatic heterocycles. The molecular formula is C58H122. The fourth-order valence-electron chi connectivity index (χ4n) is 8.45. The van der Waals surface area contributed by atoms with Gasteiger partial charge in [-0.1, -0.05) is 327 Å². The third-order valence-electron chi connectivity index (χ3n) is 13.4. The van der Waals surface area contributed by atoms with Crippen molar-refractivity contribution in [3.63, 3.8) is 0 Å². The van der Waals surface area contributed by atoms with Gasteiger partial charge in [0.05, 0.1) is 0 Å². The summed E-state index contributed by atoms with van der Waals surface area (Å²) < 4.78 is 0. The number of hydrogen-bond acceptors (Lipinski definition) is 0. The summed E-state index contributed by atoms with van der Waals surface area (Å²) >= 11 is 0. The van der Waals surface area contributed by atoms with Crippen LogP contribution in [0.15, 0.2) is 12.2 Å². The molecule has 0 aliphatic carbocycles. The Morgan fingerprint density at radius 2 is 0.707 bits per heavy atom. The van der Waals surface area contributed by atoms with Gasteiger partial charge in [0.15, 0.2) is 0 Å². The van der Waals surface area contributed by atoms with Crippen LogP contribution in [0.4, 0.5) is 0 Å². The lowest BCUT2D eigenvalue weighted by molar-refractivity contribution is 0.209. The Hall–Kier alpha value is -0.260. The van der Waals surface area contributed by atoms with E-state index in [1.807, 2.05) is 13.8 Å². The van der Waals surface area contributed by atoms with Gasteiger partial charge in [-0.3, -0.25) is 0 Å². The van der Waals surface area contributed by atoms with E-state index in [0.717, 1.165) is 17.8 Å². The van der Waals surface area contributed by atoms with Crippen molar-refractivity contribution in [1.29, 1.82) is 0 Å². The van der Waals surface area contributed by atoms with Crippen molar-refractivity contribution in [2.75, 3.05) is 0 Å². The monoisotopic (exact) mass is 819 g/mol. The molecule has 0 bridgehead atoms. The number of hydrogen-bond donors (Lipinski definition) is 0.